The molecule has 104 valence electrons. The lowest BCUT2D eigenvalue weighted by atomic mass is 10.2. The summed E-state index contributed by atoms with van der Waals surface area (Å²) >= 11 is 5.62. The number of aromatic nitrogens is 2. The molecule has 0 unspecified atom stereocenters. The van der Waals surface area contributed by atoms with E-state index in [9.17, 15) is 4.79 Å². The molecule has 0 saturated heterocycles. The molecule has 7 heteroatoms. The van der Waals surface area contributed by atoms with Crippen LogP contribution in [0.1, 0.15) is 10.4 Å². The summed E-state index contributed by atoms with van der Waals surface area (Å²) in [6, 6.07) is 4.86. The van der Waals surface area contributed by atoms with Gasteiger partial charge in [-0.3, -0.25) is 4.79 Å². The lowest BCUT2D eigenvalue weighted by molar-refractivity contribution is 0.102. The first-order valence-corrected chi connectivity index (χ1v) is 6.02. The third kappa shape index (κ3) is 3.16. The van der Waals surface area contributed by atoms with E-state index in [0.29, 0.717) is 22.9 Å². The van der Waals surface area contributed by atoms with Crippen molar-refractivity contribution in [2.45, 2.75) is 0 Å². The van der Waals surface area contributed by atoms with Crippen LogP contribution in [-0.2, 0) is 0 Å². The van der Waals surface area contributed by atoms with E-state index >= 15 is 0 Å². The molecule has 1 N–H and O–H groups in total. The van der Waals surface area contributed by atoms with E-state index in [4.69, 9.17) is 21.1 Å². The van der Waals surface area contributed by atoms with Gasteiger partial charge in [0.15, 0.2) is 17.3 Å². The molecule has 0 aliphatic rings. The molecular formula is C13H12ClN3O3. The largest absolute Gasteiger partial charge is 0.493 e. The van der Waals surface area contributed by atoms with E-state index in [1.54, 1.807) is 18.2 Å². The number of hydrogen-bond acceptors (Lipinski definition) is 5. The highest BCUT2D eigenvalue weighted by Gasteiger charge is 2.11. The molecule has 1 aromatic heterocycles. The van der Waals surface area contributed by atoms with Gasteiger partial charge in [-0.05, 0) is 18.2 Å². The Morgan fingerprint density at radius 3 is 2.50 bits per heavy atom. The Morgan fingerprint density at radius 1 is 1.15 bits per heavy atom. The van der Waals surface area contributed by atoms with Crippen molar-refractivity contribution in [2.24, 2.45) is 0 Å². The van der Waals surface area contributed by atoms with E-state index < -0.39 is 0 Å². The second-order valence-electron chi connectivity index (χ2n) is 3.75. The average molecular weight is 294 g/mol. The zero-order valence-corrected chi connectivity index (χ0v) is 11.6. The molecule has 0 bridgehead atoms. The Bertz CT molecular complexity index is 617. The average Bonchev–Trinajstić information content (AvgIpc) is 2.48. The van der Waals surface area contributed by atoms with Crippen molar-refractivity contribution in [3.05, 3.63) is 41.3 Å². The van der Waals surface area contributed by atoms with Gasteiger partial charge in [0.05, 0.1) is 26.6 Å². The van der Waals surface area contributed by atoms with Gasteiger partial charge in [-0.2, -0.15) is 0 Å². The Hall–Kier alpha value is -2.34. The third-order valence-electron chi connectivity index (χ3n) is 2.51. The van der Waals surface area contributed by atoms with Crippen LogP contribution in [0.5, 0.6) is 11.5 Å². The molecule has 0 atom stereocenters. The number of halogens is 1. The van der Waals surface area contributed by atoms with Gasteiger partial charge in [-0.25, -0.2) is 9.97 Å². The summed E-state index contributed by atoms with van der Waals surface area (Å²) < 4.78 is 10.3. The molecular weight excluding hydrogens is 282 g/mol. The topological polar surface area (TPSA) is 73.3 Å². The van der Waals surface area contributed by atoms with E-state index in [0.717, 1.165) is 0 Å². The number of nitrogens with zero attached hydrogens (tertiary/aromatic N) is 2. The normalized spacial score (nSPS) is 9.95. The minimum atomic E-state index is -0.331. The predicted octanol–water partition coefficient (Wildman–Crippen LogP) is 2.40. The molecule has 1 heterocycles. The first kappa shape index (κ1) is 14.1. The van der Waals surface area contributed by atoms with E-state index in [2.05, 4.69) is 15.3 Å². The standard InChI is InChI=1S/C13H12ClN3O3/c1-19-9-4-3-8(5-10(9)20-2)13(18)17-12-7-15-11(14)6-16-12/h3-7H,1-2H3,(H,16,17,18). The summed E-state index contributed by atoms with van der Waals surface area (Å²) in [5.74, 6) is 1.01. The molecule has 20 heavy (non-hydrogen) atoms. The van der Waals surface area contributed by atoms with Crippen LogP contribution in [0.4, 0.5) is 5.82 Å². The summed E-state index contributed by atoms with van der Waals surface area (Å²) in [6.07, 6.45) is 2.73. The van der Waals surface area contributed by atoms with Crippen LogP contribution < -0.4 is 14.8 Å². The highest BCUT2D eigenvalue weighted by molar-refractivity contribution is 6.29. The van der Waals surface area contributed by atoms with Crippen molar-refractivity contribution in [1.82, 2.24) is 9.97 Å². The zero-order valence-electron chi connectivity index (χ0n) is 10.9. The maximum atomic E-state index is 12.1. The van der Waals surface area contributed by atoms with Gasteiger partial charge in [0, 0.05) is 5.56 Å². The molecule has 2 rings (SSSR count). The number of anilines is 1. The zero-order chi connectivity index (χ0) is 14.5. The Kier molecular flexibility index (Phi) is 4.37. The van der Waals surface area contributed by atoms with Crippen molar-refractivity contribution >= 4 is 23.3 Å². The van der Waals surface area contributed by atoms with Crippen LogP contribution in [-0.4, -0.2) is 30.1 Å². The fourth-order valence-corrected chi connectivity index (χ4v) is 1.64. The minimum Gasteiger partial charge on any atom is -0.493 e. The van der Waals surface area contributed by atoms with Gasteiger partial charge in [0.2, 0.25) is 0 Å². The van der Waals surface area contributed by atoms with Crippen LogP contribution in [0, 0.1) is 0 Å². The first-order chi connectivity index (χ1) is 9.63. The third-order valence-corrected chi connectivity index (χ3v) is 2.70. The highest BCUT2D eigenvalue weighted by Crippen LogP contribution is 2.27. The Labute approximate surface area is 120 Å². The van der Waals surface area contributed by atoms with Crippen molar-refractivity contribution in [2.75, 3.05) is 19.5 Å². The number of carbonyl (C=O) groups is 1. The minimum absolute atomic E-state index is 0.258. The number of ether oxygens (including phenoxy) is 2. The van der Waals surface area contributed by atoms with Gasteiger partial charge in [0.25, 0.3) is 5.91 Å². The predicted molar refractivity (Wildman–Crippen MR) is 74.5 cm³/mol. The van der Waals surface area contributed by atoms with Gasteiger partial charge < -0.3 is 14.8 Å². The lowest BCUT2D eigenvalue weighted by Crippen LogP contribution is -2.13. The number of methoxy groups -OCH3 is 2. The van der Waals surface area contributed by atoms with Crippen molar-refractivity contribution < 1.29 is 14.3 Å². The Morgan fingerprint density at radius 2 is 1.90 bits per heavy atom. The van der Waals surface area contributed by atoms with Gasteiger partial charge >= 0.3 is 0 Å². The molecule has 0 aliphatic carbocycles. The summed E-state index contributed by atoms with van der Waals surface area (Å²) in [5, 5.41) is 2.87. The fraction of sp³-hybridized carbons (Fsp3) is 0.154. The molecule has 0 spiro atoms. The van der Waals surface area contributed by atoms with Gasteiger partial charge in [-0.1, -0.05) is 11.6 Å². The molecule has 2 aromatic rings. The molecule has 1 amide bonds. The van der Waals surface area contributed by atoms with Crippen molar-refractivity contribution in [3.8, 4) is 11.5 Å². The van der Waals surface area contributed by atoms with Crippen LogP contribution >= 0.6 is 11.6 Å². The number of carbonyl (C=O) groups excluding carboxylic acids is 1. The maximum Gasteiger partial charge on any atom is 0.256 e. The molecule has 0 saturated carbocycles. The number of rotatable bonds is 4. The van der Waals surface area contributed by atoms with E-state index in [-0.39, 0.29) is 11.1 Å². The number of hydrogen-bond donors (Lipinski definition) is 1. The summed E-state index contributed by atoms with van der Waals surface area (Å²) in [5.41, 5.74) is 0.416. The van der Waals surface area contributed by atoms with Crippen LogP contribution in [0.2, 0.25) is 5.15 Å². The highest BCUT2D eigenvalue weighted by atomic mass is 35.5. The fourth-order valence-electron chi connectivity index (χ4n) is 1.54. The van der Waals surface area contributed by atoms with E-state index in [1.807, 2.05) is 0 Å². The van der Waals surface area contributed by atoms with Gasteiger partial charge in [0.1, 0.15) is 5.15 Å². The number of nitrogens with one attached hydrogen (secondary N) is 1. The quantitative estimate of drug-likeness (QED) is 0.937. The van der Waals surface area contributed by atoms with E-state index in [1.165, 1.54) is 26.6 Å². The Balaban J connectivity index is 2.18. The molecule has 0 radical (unpaired) electrons. The van der Waals surface area contributed by atoms with Crippen molar-refractivity contribution in [1.29, 1.82) is 0 Å². The monoisotopic (exact) mass is 293 g/mol. The SMILES string of the molecule is COc1ccc(C(=O)Nc2cnc(Cl)cn2)cc1OC. The summed E-state index contributed by atoms with van der Waals surface area (Å²) in [7, 11) is 3.03. The number of benzene rings is 1. The molecule has 0 fully saturated rings. The lowest BCUT2D eigenvalue weighted by Gasteiger charge is -2.09. The number of amides is 1. The molecule has 0 aliphatic heterocycles. The van der Waals surface area contributed by atoms with Gasteiger partial charge in [-0.15, -0.1) is 0 Å². The van der Waals surface area contributed by atoms with Crippen molar-refractivity contribution in [3.63, 3.8) is 0 Å². The molecule has 1 aromatic carbocycles. The summed E-state index contributed by atoms with van der Waals surface area (Å²) in [4.78, 5) is 19.8. The van der Waals surface area contributed by atoms with Crippen LogP contribution in [0.25, 0.3) is 0 Å². The van der Waals surface area contributed by atoms with Crippen LogP contribution in [0.3, 0.4) is 0 Å². The maximum absolute atomic E-state index is 12.1. The summed E-state index contributed by atoms with van der Waals surface area (Å²) in [6.45, 7) is 0. The first-order valence-electron chi connectivity index (χ1n) is 5.65. The smallest absolute Gasteiger partial charge is 0.256 e. The van der Waals surface area contributed by atoms with Crippen LogP contribution in [0.15, 0.2) is 30.6 Å². The second kappa shape index (κ2) is 6.21. The second-order valence-corrected chi connectivity index (χ2v) is 4.14. The molecule has 6 nitrogen and oxygen atoms in total.